The predicted molar refractivity (Wildman–Crippen MR) is 99.2 cm³/mol. The summed E-state index contributed by atoms with van der Waals surface area (Å²) in [5.74, 6) is -1.42. The van der Waals surface area contributed by atoms with E-state index in [0.717, 1.165) is 0 Å². The fraction of sp³-hybridized carbons (Fsp3) is 0.250. The highest BCUT2D eigenvalue weighted by atomic mass is 19.1. The van der Waals surface area contributed by atoms with Crippen LogP contribution in [-0.2, 0) is 21.7 Å². The summed E-state index contributed by atoms with van der Waals surface area (Å²) in [6.45, 7) is 1.85. The van der Waals surface area contributed by atoms with E-state index in [0.29, 0.717) is 27.6 Å². The number of hydrogen-bond acceptors (Lipinski definition) is 3. The lowest BCUT2D eigenvalue weighted by molar-refractivity contribution is -0.885. The van der Waals surface area contributed by atoms with E-state index < -0.39 is 23.4 Å². The fourth-order valence-corrected chi connectivity index (χ4v) is 3.18. The third-order valence-corrected chi connectivity index (χ3v) is 4.69. The third kappa shape index (κ3) is 3.86. The van der Waals surface area contributed by atoms with E-state index in [-0.39, 0.29) is 12.4 Å². The Morgan fingerprint density at radius 1 is 1.14 bits per heavy atom. The van der Waals surface area contributed by atoms with Gasteiger partial charge < -0.3 is 10.2 Å². The Labute approximate surface area is 162 Å². The molecule has 1 heterocycles. The Kier molecular flexibility index (Phi) is 5.41. The second-order valence-corrected chi connectivity index (χ2v) is 7.00. The first-order valence-electron chi connectivity index (χ1n) is 8.87. The first-order chi connectivity index (χ1) is 13.3. The lowest BCUT2D eigenvalue weighted by Crippen LogP contribution is -3.09. The molecule has 0 aliphatic carbocycles. The van der Waals surface area contributed by atoms with Gasteiger partial charge in [0, 0.05) is 5.56 Å². The van der Waals surface area contributed by atoms with Crippen molar-refractivity contribution in [1.82, 2.24) is 15.8 Å². The first-order valence-corrected chi connectivity index (χ1v) is 8.87. The maximum atomic E-state index is 13.7. The van der Waals surface area contributed by atoms with Crippen LogP contribution < -0.4 is 15.6 Å². The second-order valence-electron chi connectivity index (χ2n) is 7.00. The van der Waals surface area contributed by atoms with Gasteiger partial charge in [-0.3, -0.25) is 15.0 Å². The summed E-state index contributed by atoms with van der Waals surface area (Å²) in [6, 6.07) is 14.4. The molecule has 1 aliphatic rings. The second kappa shape index (κ2) is 7.77. The molecule has 0 radical (unpaired) electrons. The summed E-state index contributed by atoms with van der Waals surface area (Å²) >= 11 is 0. The number of rotatable bonds is 6. The summed E-state index contributed by atoms with van der Waals surface area (Å²) in [5, 5.41) is 3.32. The standard InChI is InChI=1S/C20H21FN4O3/c1-20(15-9-4-3-5-10-15)18(27)25(19(28)22-20)23-17(26)13-24(2)12-14-8-6-7-11-16(14)21/h3-11H,12-13H2,1-2H3,(H,22,28)(H,23,26)/p+1/t20-/m1/s1. The van der Waals surface area contributed by atoms with E-state index in [9.17, 15) is 18.8 Å². The van der Waals surface area contributed by atoms with Crippen LogP contribution in [0.1, 0.15) is 18.1 Å². The summed E-state index contributed by atoms with van der Waals surface area (Å²) in [6.07, 6.45) is 0. The molecule has 3 N–H and O–H groups in total. The smallest absolute Gasteiger partial charge is 0.326 e. The van der Waals surface area contributed by atoms with Gasteiger partial charge in [0.1, 0.15) is 17.9 Å². The molecule has 3 rings (SSSR count). The van der Waals surface area contributed by atoms with Crippen molar-refractivity contribution in [3.05, 3.63) is 71.5 Å². The zero-order valence-corrected chi connectivity index (χ0v) is 15.7. The first kappa shape index (κ1) is 19.5. The molecule has 1 saturated heterocycles. The summed E-state index contributed by atoms with van der Waals surface area (Å²) in [4.78, 5) is 38.1. The molecule has 1 unspecified atom stereocenters. The molecule has 0 spiro atoms. The van der Waals surface area contributed by atoms with Crippen molar-refractivity contribution in [3.63, 3.8) is 0 Å². The number of urea groups is 1. The molecule has 146 valence electrons. The number of nitrogens with zero attached hydrogens (tertiary/aromatic N) is 1. The number of benzene rings is 2. The molecule has 0 bridgehead atoms. The highest BCUT2D eigenvalue weighted by molar-refractivity contribution is 6.08. The number of carbonyl (C=O) groups excluding carboxylic acids is 3. The number of nitrogens with one attached hydrogen (secondary N) is 3. The van der Waals surface area contributed by atoms with Crippen molar-refractivity contribution in [2.24, 2.45) is 0 Å². The van der Waals surface area contributed by atoms with Gasteiger partial charge in [0.15, 0.2) is 6.54 Å². The van der Waals surface area contributed by atoms with E-state index in [4.69, 9.17) is 0 Å². The monoisotopic (exact) mass is 385 g/mol. The van der Waals surface area contributed by atoms with E-state index >= 15 is 0 Å². The molecule has 2 aromatic carbocycles. The molecule has 7 nitrogen and oxygen atoms in total. The van der Waals surface area contributed by atoms with Gasteiger partial charge in [-0.2, -0.15) is 5.01 Å². The van der Waals surface area contributed by atoms with E-state index in [2.05, 4.69) is 10.7 Å². The van der Waals surface area contributed by atoms with Crippen LogP contribution in [0.3, 0.4) is 0 Å². The van der Waals surface area contributed by atoms with Crippen LogP contribution >= 0.6 is 0 Å². The number of likely N-dealkylation sites (N-methyl/N-ethyl adjacent to an activating group) is 1. The fourth-order valence-electron chi connectivity index (χ4n) is 3.18. The molecule has 0 saturated carbocycles. The molecular formula is C20H22FN4O3+. The van der Waals surface area contributed by atoms with Crippen LogP contribution in [0.15, 0.2) is 54.6 Å². The van der Waals surface area contributed by atoms with Gasteiger partial charge in [0.05, 0.1) is 7.05 Å². The number of quaternary nitrogens is 1. The maximum Gasteiger partial charge on any atom is 0.344 e. The van der Waals surface area contributed by atoms with Crippen molar-refractivity contribution in [2.75, 3.05) is 13.6 Å². The molecular weight excluding hydrogens is 363 g/mol. The molecule has 2 atom stereocenters. The Balaban J connectivity index is 1.63. The minimum Gasteiger partial charge on any atom is -0.326 e. The lowest BCUT2D eigenvalue weighted by Gasteiger charge is -2.22. The van der Waals surface area contributed by atoms with Crippen molar-refractivity contribution < 1.29 is 23.7 Å². The maximum absolute atomic E-state index is 13.7. The Morgan fingerprint density at radius 3 is 2.46 bits per heavy atom. The quantitative estimate of drug-likeness (QED) is 0.627. The van der Waals surface area contributed by atoms with Gasteiger partial charge in [0.2, 0.25) is 0 Å². The number of carbonyl (C=O) groups is 3. The van der Waals surface area contributed by atoms with Crippen molar-refractivity contribution in [1.29, 1.82) is 0 Å². The molecule has 1 fully saturated rings. The minimum atomic E-state index is -1.25. The molecule has 8 heteroatoms. The number of hydrazine groups is 1. The van der Waals surface area contributed by atoms with Crippen LogP contribution in [0.25, 0.3) is 0 Å². The van der Waals surface area contributed by atoms with Gasteiger partial charge in [-0.15, -0.1) is 0 Å². The molecule has 28 heavy (non-hydrogen) atoms. The van der Waals surface area contributed by atoms with Crippen LogP contribution in [0.5, 0.6) is 0 Å². The van der Waals surface area contributed by atoms with Gasteiger partial charge in [-0.25, -0.2) is 9.18 Å². The number of amides is 4. The number of imide groups is 1. The van der Waals surface area contributed by atoms with Gasteiger partial charge >= 0.3 is 6.03 Å². The Morgan fingerprint density at radius 2 is 1.79 bits per heavy atom. The Bertz CT molecular complexity index is 905. The normalized spacial score (nSPS) is 20.0. The van der Waals surface area contributed by atoms with Crippen molar-refractivity contribution in [3.8, 4) is 0 Å². The van der Waals surface area contributed by atoms with Gasteiger partial charge in [-0.1, -0.05) is 48.5 Å². The summed E-state index contributed by atoms with van der Waals surface area (Å²) in [7, 11) is 1.73. The topological polar surface area (TPSA) is 82.9 Å². The third-order valence-electron chi connectivity index (χ3n) is 4.69. The average molecular weight is 385 g/mol. The molecule has 0 aromatic heterocycles. The average Bonchev–Trinajstić information content (AvgIpc) is 2.88. The van der Waals surface area contributed by atoms with Crippen molar-refractivity contribution in [2.45, 2.75) is 19.0 Å². The predicted octanol–water partition coefficient (Wildman–Crippen LogP) is 0.339. The summed E-state index contributed by atoms with van der Waals surface area (Å²) < 4.78 is 13.7. The highest BCUT2D eigenvalue weighted by Gasteiger charge is 2.50. The molecule has 4 amide bonds. The molecule has 2 aromatic rings. The van der Waals surface area contributed by atoms with Crippen LogP contribution in [0.2, 0.25) is 0 Å². The Hall–Kier alpha value is -3.26. The van der Waals surface area contributed by atoms with Gasteiger partial charge in [-0.05, 0) is 18.6 Å². The van der Waals surface area contributed by atoms with Crippen LogP contribution in [0, 0.1) is 5.82 Å². The zero-order valence-electron chi connectivity index (χ0n) is 15.7. The van der Waals surface area contributed by atoms with E-state index in [1.165, 1.54) is 6.07 Å². The van der Waals surface area contributed by atoms with Crippen molar-refractivity contribution >= 4 is 17.8 Å². The number of halogens is 1. The number of hydrogen-bond donors (Lipinski definition) is 3. The highest BCUT2D eigenvalue weighted by Crippen LogP contribution is 2.27. The van der Waals surface area contributed by atoms with Crippen LogP contribution in [-0.4, -0.2) is 36.4 Å². The largest absolute Gasteiger partial charge is 0.344 e. The zero-order chi connectivity index (χ0) is 20.3. The van der Waals surface area contributed by atoms with Gasteiger partial charge in [0.25, 0.3) is 11.8 Å². The minimum absolute atomic E-state index is 0.0343. The van der Waals surface area contributed by atoms with E-state index in [1.54, 1.807) is 56.4 Å². The van der Waals surface area contributed by atoms with E-state index in [1.807, 2.05) is 6.07 Å². The SMILES string of the molecule is C[NH+](CC(=O)NN1C(=O)N[C@](C)(c2ccccc2)C1=O)Cc1ccccc1F. The molecule has 1 aliphatic heterocycles. The lowest BCUT2D eigenvalue weighted by atomic mass is 9.92. The van der Waals surface area contributed by atoms with Crippen LogP contribution in [0.4, 0.5) is 9.18 Å². The summed E-state index contributed by atoms with van der Waals surface area (Å²) in [5.41, 5.74) is 2.20.